The summed E-state index contributed by atoms with van der Waals surface area (Å²) in [5.41, 5.74) is 2.70. The van der Waals surface area contributed by atoms with Gasteiger partial charge in [-0.05, 0) is 47.2 Å². The molecule has 22 heavy (non-hydrogen) atoms. The Morgan fingerprint density at radius 2 is 0.773 bits per heavy atom. The Morgan fingerprint density at radius 1 is 0.545 bits per heavy atom. The molecule has 0 amide bonds. The Balaban J connectivity index is 0. The van der Waals surface area contributed by atoms with Gasteiger partial charge in [-0.2, -0.15) is 0 Å². The highest BCUT2D eigenvalue weighted by Gasteiger charge is 1.94. The van der Waals surface area contributed by atoms with Crippen molar-refractivity contribution in [1.29, 1.82) is 0 Å². The molecule has 2 nitrogen and oxygen atoms in total. The third-order valence-corrected chi connectivity index (χ3v) is 2.75. The van der Waals surface area contributed by atoms with E-state index in [1.54, 1.807) is 0 Å². The van der Waals surface area contributed by atoms with Crippen molar-refractivity contribution >= 4 is 0 Å². The first-order chi connectivity index (χ1) is 10.6. The van der Waals surface area contributed by atoms with Crippen LogP contribution < -0.4 is 0 Å². The predicted octanol–water partition coefficient (Wildman–Crippen LogP) is 6.46. The van der Waals surface area contributed by atoms with Crippen LogP contribution in [-0.2, 0) is 0 Å². The highest BCUT2D eigenvalue weighted by molar-refractivity contribution is 5.13. The summed E-state index contributed by atoms with van der Waals surface area (Å²) >= 11 is 0. The zero-order valence-corrected chi connectivity index (χ0v) is 15.7. The van der Waals surface area contributed by atoms with Gasteiger partial charge in [0.1, 0.15) is 0 Å². The summed E-state index contributed by atoms with van der Waals surface area (Å²) in [5.74, 6) is 1.24. The molecule has 2 aromatic rings. The molecule has 0 fully saturated rings. The Hall–Kier alpha value is -1.70. The van der Waals surface area contributed by atoms with Crippen LogP contribution in [0.3, 0.4) is 0 Å². The van der Waals surface area contributed by atoms with E-state index in [2.05, 4.69) is 37.7 Å². The molecule has 2 aromatic heterocycles. The van der Waals surface area contributed by atoms with Gasteiger partial charge in [0.05, 0.1) is 0 Å². The second kappa shape index (κ2) is 15.7. The molecule has 0 atom stereocenters. The quantitative estimate of drug-likeness (QED) is 0.636. The molecule has 0 unspecified atom stereocenters. The number of hydrogen-bond acceptors (Lipinski definition) is 2. The van der Waals surface area contributed by atoms with Crippen LogP contribution in [0.2, 0.25) is 0 Å². The summed E-state index contributed by atoms with van der Waals surface area (Å²) in [7, 11) is 0. The summed E-state index contributed by atoms with van der Waals surface area (Å²) in [5, 5.41) is 0. The first kappa shape index (κ1) is 22.6. The SMILES string of the molecule is CC.CC.CC(C)c1ccncc1.CC(C)c1ccncc1. The molecule has 2 rings (SSSR count). The maximum atomic E-state index is 3.93. The number of rotatable bonds is 2. The first-order valence-corrected chi connectivity index (χ1v) is 8.41. The fourth-order valence-electron chi connectivity index (χ4n) is 1.50. The Bertz CT molecular complexity index is 378. The van der Waals surface area contributed by atoms with Gasteiger partial charge in [0.15, 0.2) is 0 Å². The third-order valence-electron chi connectivity index (χ3n) is 2.75. The Morgan fingerprint density at radius 3 is 0.909 bits per heavy atom. The standard InChI is InChI=1S/2C8H11N.2C2H6/c2*1-7(2)8-3-5-9-6-4-8;2*1-2/h2*3-7H,1-2H3;2*1-2H3. The van der Waals surface area contributed by atoms with E-state index in [1.807, 2.05) is 76.7 Å². The maximum absolute atomic E-state index is 3.93. The van der Waals surface area contributed by atoms with Crippen molar-refractivity contribution in [1.82, 2.24) is 9.97 Å². The molecule has 2 heteroatoms. The van der Waals surface area contributed by atoms with E-state index in [-0.39, 0.29) is 0 Å². The highest BCUT2D eigenvalue weighted by Crippen LogP contribution is 2.11. The molecule has 0 aliphatic carbocycles. The van der Waals surface area contributed by atoms with Crippen molar-refractivity contribution in [3.8, 4) is 0 Å². The van der Waals surface area contributed by atoms with Crippen LogP contribution in [0.25, 0.3) is 0 Å². The van der Waals surface area contributed by atoms with Gasteiger partial charge in [0.2, 0.25) is 0 Å². The lowest BCUT2D eigenvalue weighted by Crippen LogP contribution is -1.85. The summed E-state index contributed by atoms with van der Waals surface area (Å²) in [6.07, 6.45) is 7.31. The van der Waals surface area contributed by atoms with Crippen molar-refractivity contribution in [3.63, 3.8) is 0 Å². The molecular formula is C20H34N2. The molecule has 0 radical (unpaired) electrons. The monoisotopic (exact) mass is 302 g/mol. The fourth-order valence-corrected chi connectivity index (χ4v) is 1.50. The Labute approximate surface area is 138 Å². The minimum atomic E-state index is 0.619. The molecule has 0 aliphatic heterocycles. The van der Waals surface area contributed by atoms with Crippen molar-refractivity contribution < 1.29 is 0 Å². The van der Waals surface area contributed by atoms with Gasteiger partial charge in [-0.15, -0.1) is 0 Å². The van der Waals surface area contributed by atoms with Gasteiger partial charge in [-0.3, -0.25) is 9.97 Å². The van der Waals surface area contributed by atoms with Crippen LogP contribution in [0.1, 0.15) is 78.4 Å². The van der Waals surface area contributed by atoms with E-state index in [0.29, 0.717) is 11.8 Å². The summed E-state index contributed by atoms with van der Waals surface area (Å²) in [6.45, 7) is 16.7. The van der Waals surface area contributed by atoms with Gasteiger partial charge in [0.25, 0.3) is 0 Å². The summed E-state index contributed by atoms with van der Waals surface area (Å²) in [4.78, 5) is 7.86. The smallest absolute Gasteiger partial charge is 0.0270 e. The van der Waals surface area contributed by atoms with Crippen LogP contribution >= 0.6 is 0 Å². The largest absolute Gasteiger partial charge is 0.265 e. The van der Waals surface area contributed by atoms with Crippen LogP contribution in [-0.4, -0.2) is 9.97 Å². The number of nitrogens with zero attached hydrogens (tertiary/aromatic N) is 2. The normalized spacial score (nSPS) is 8.82. The van der Waals surface area contributed by atoms with Crippen molar-refractivity contribution in [2.75, 3.05) is 0 Å². The number of pyridine rings is 2. The molecular weight excluding hydrogens is 268 g/mol. The zero-order chi connectivity index (χ0) is 17.4. The zero-order valence-electron chi connectivity index (χ0n) is 15.7. The van der Waals surface area contributed by atoms with E-state index >= 15 is 0 Å². The molecule has 0 bridgehead atoms. The van der Waals surface area contributed by atoms with Crippen LogP contribution in [0.4, 0.5) is 0 Å². The highest BCUT2D eigenvalue weighted by atomic mass is 14.6. The molecule has 0 saturated carbocycles. The topological polar surface area (TPSA) is 25.8 Å². The lowest BCUT2D eigenvalue weighted by atomic mass is 10.1. The van der Waals surface area contributed by atoms with Gasteiger partial charge in [-0.1, -0.05) is 55.4 Å². The lowest BCUT2D eigenvalue weighted by molar-refractivity contribution is 0.863. The molecule has 0 N–H and O–H groups in total. The molecule has 2 heterocycles. The lowest BCUT2D eigenvalue weighted by Gasteiger charge is -2.01. The predicted molar refractivity (Wildman–Crippen MR) is 99.3 cm³/mol. The fraction of sp³-hybridized carbons (Fsp3) is 0.500. The van der Waals surface area contributed by atoms with Gasteiger partial charge in [-0.25, -0.2) is 0 Å². The molecule has 0 spiro atoms. The van der Waals surface area contributed by atoms with Crippen LogP contribution in [0, 0.1) is 0 Å². The second-order valence-corrected chi connectivity index (χ2v) is 4.87. The van der Waals surface area contributed by atoms with Gasteiger partial charge >= 0.3 is 0 Å². The average molecular weight is 303 g/mol. The number of aromatic nitrogens is 2. The third kappa shape index (κ3) is 11.0. The number of hydrogen-bond donors (Lipinski definition) is 0. The van der Waals surface area contributed by atoms with E-state index in [1.165, 1.54) is 11.1 Å². The Kier molecular flexibility index (Phi) is 16.1. The summed E-state index contributed by atoms with van der Waals surface area (Å²) < 4.78 is 0. The molecule has 0 aliphatic rings. The summed E-state index contributed by atoms with van der Waals surface area (Å²) in [6, 6.07) is 8.19. The van der Waals surface area contributed by atoms with Crippen molar-refractivity contribution in [2.45, 2.75) is 67.2 Å². The van der Waals surface area contributed by atoms with Crippen molar-refractivity contribution in [2.24, 2.45) is 0 Å². The molecule has 0 aromatic carbocycles. The van der Waals surface area contributed by atoms with Crippen molar-refractivity contribution in [3.05, 3.63) is 60.2 Å². The minimum Gasteiger partial charge on any atom is -0.265 e. The van der Waals surface area contributed by atoms with Gasteiger partial charge in [0, 0.05) is 24.8 Å². The minimum absolute atomic E-state index is 0.619. The molecule has 124 valence electrons. The first-order valence-electron chi connectivity index (χ1n) is 8.41. The van der Waals surface area contributed by atoms with Gasteiger partial charge < -0.3 is 0 Å². The van der Waals surface area contributed by atoms with E-state index in [4.69, 9.17) is 0 Å². The molecule has 0 saturated heterocycles. The van der Waals surface area contributed by atoms with E-state index in [0.717, 1.165) is 0 Å². The van der Waals surface area contributed by atoms with E-state index < -0.39 is 0 Å². The average Bonchev–Trinajstić information content (AvgIpc) is 2.60. The second-order valence-electron chi connectivity index (χ2n) is 4.87. The maximum Gasteiger partial charge on any atom is 0.0270 e. The van der Waals surface area contributed by atoms with E-state index in [9.17, 15) is 0 Å². The van der Waals surface area contributed by atoms with Crippen LogP contribution in [0.15, 0.2) is 49.1 Å². The van der Waals surface area contributed by atoms with Crippen LogP contribution in [0.5, 0.6) is 0 Å².